The maximum atomic E-state index is 5.70. The van der Waals surface area contributed by atoms with E-state index >= 15 is 0 Å². The van der Waals surface area contributed by atoms with Gasteiger partial charge in [0.15, 0.2) is 23.0 Å². The van der Waals surface area contributed by atoms with E-state index < -0.39 is 0 Å². The van der Waals surface area contributed by atoms with Gasteiger partial charge in [-0.1, -0.05) is 12.5 Å². The summed E-state index contributed by atoms with van der Waals surface area (Å²) in [6.45, 7) is 2.11. The molecule has 1 aliphatic carbocycles. The second kappa shape index (κ2) is 13.0. The van der Waals surface area contributed by atoms with Crippen molar-refractivity contribution in [1.82, 2.24) is 4.90 Å². The molecule has 210 valence electrons. The zero-order valence-electron chi connectivity index (χ0n) is 23.8. The summed E-state index contributed by atoms with van der Waals surface area (Å²) in [6, 6.07) is 10.8. The summed E-state index contributed by atoms with van der Waals surface area (Å²) in [5.41, 5.74) is 2.81. The van der Waals surface area contributed by atoms with Crippen LogP contribution in [0.15, 0.2) is 30.3 Å². The van der Waals surface area contributed by atoms with Crippen LogP contribution in [0.2, 0.25) is 0 Å². The molecule has 0 amide bonds. The summed E-state index contributed by atoms with van der Waals surface area (Å²) in [5, 5.41) is 0. The van der Waals surface area contributed by atoms with Crippen molar-refractivity contribution in [3.05, 3.63) is 41.5 Å². The Hall–Kier alpha value is -1.90. The Balaban J connectivity index is 1.47. The molecule has 6 nitrogen and oxygen atoms in total. The lowest BCUT2D eigenvalue weighted by atomic mass is 9.64. The van der Waals surface area contributed by atoms with Crippen LogP contribution in [0.5, 0.6) is 28.7 Å². The number of nitrogens with zero attached hydrogens (tertiary/aromatic N) is 1. The average molecular weight is 562 g/mol. The Kier molecular flexibility index (Phi) is 9.93. The van der Waals surface area contributed by atoms with Crippen molar-refractivity contribution in [1.29, 1.82) is 0 Å². The van der Waals surface area contributed by atoms with Gasteiger partial charge in [-0.15, -0.1) is 23.5 Å². The van der Waals surface area contributed by atoms with E-state index in [1.807, 2.05) is 6.07 Å². The molecule has 0 atom stereocenters. The Morgan fingerprint density at radius 2 is 1.34 bits per heavy atom. The molecule has 2 aliphatic rings. The molecule has 0 radical (unpaired) electrons. The van der Waals surface area contributed by atoms with Crippen molar-refractivity contribution in [3.63, 3.8) is 0 Å². The van der Waals surface area contributed by atoms with Crippen LogP contribution in [-0.4, -0.2) is 72.1 Å². The number of rotatable bonds is 13. The zero-order valence-corrected chi connectivity index (χ0v) is 25.4. The molecule has 2 fully saturated rings. The van der Waals surface area contributed by atoms with Gasteiger partial charge in [-0.05, 0) is 92.6 Å². The molecule has 1 aliphatic heterocycles. The summed E-state index contributed by atoms with van der Waals surface area (Å²) in [5.74, 6) is 6.06. The fraction of sp³-hybridized carbons (Fsp3) is 0.600. The van der Waals surface area contributed by atoms with E-state index in [1.54, 1.807) is 35.5 Å². The number of thioether (sulfide) groups is 2. The molecule has 1 heterocycles. The molecule has 2 aromatic rings. The van der Waals surface area contributed by atoms with Gasteiger partial charge in [0, 0.05) is 12.0 Å². The topological polar surface area (TPSA) is 49.4 Å². The van der Waals surface area contributed by atoms with Crippen LogP contribution in [0.1, 0.15) is 49.7 Å². The molecule has 1 saturated heterocycles. The minimum absolute atomic E-state index is 0.0105. The largest absolute Gasteiger partial charge is 0.493 e. The highest BCUT2D eigenvalue weighted by Crippen LogP contribution is 2.56. The first-order valence-electron chi connectivity index (χ1n) is 13.4. The van der Waals surface area contributed by atoms with Crippen LogP contribution in [0.25, 0.3) is 0 Å². The number of ether oxygens (including phenoxy) is 5. The first kappa shape index (κ1) is 29.1. The third-order valence-electron chi connectivity index (χ3n) is 7.99. The van der Waals surface area contributed by atoms with Gasteiger partial charge in [0.1, 0.15) is 0 Å². The number of hydrogen-bond acceptors (Lipinski definition) is 8. The zero-order chi connectivity index (χ0) is 27.2. The van der Waals surface area contributed by atoms with Crippen LogP contribution < -0.4 is 23.7 Å². The highest BCUT2D eigenvalue weighted by atomic mass is 32.2. The minimum Gasteiger partial charge on any atom is -0.493 e. The standard InChI is InChI=1S/C30H43NO5S2/c1-31(21-29(12-7-13-29)22-10-11-24(32-2)25(18-22)33-3)15-8-14-30(37-16-9-17-38-30)23-19-26(34-4)28(36-6)27(20-23)35-5/h10-11,18-20H,7-9,12-17,21H2,1-6H3. The third-order valence-corrected chi connectivity index (χ3v) is 11.5. The lowest BCUT2D eigenvalue weighted by Gasteiger charge is -2.45. The molecule has 0 bridgehead atoms. The predicted molar refractivity (Wildman–Crippen MR) is 159 cm³/mol. The third kappa shape index (κ3) is 5.97. The molecule has 38 heavy (non-hydrogen) atoms. The molecular weight excluding hydrogens is 518 g/mol. The number of benzene rings is 2. The number of hydrogen-bond donors (Lipinski definition) is 0. The molecule has 0 N–H and O–H groups in total. The van der Waals surface area contributed by atoms with Crippen molar-refractivity contribution >= 4 is 23.5 Å². The first-order valence-corrected chi connectivity index (χ1v) is 15.4. The van der Waals surface area contributed by atoms with Crippen molar-refractivity contribution < 1.29 is 23.7 Å². The van der Waals surface area contributed by atoms with E-state index in [-0.39, 0.29) is 9.49 Å². The lowest BCUT2D eigenvalue weighted by molar-refractivity contribution is 0.157. The monoisotopic (exact) mass is 561 g/mol. The van der Waals surface area contributed by atoms with Gasteiger partial charge in [0.25, 0.3) is 0 Å². The fourth-order valence-electron chi connectivity index (χ4n) is 5.82. The van der Waals surface area contributed by atoms with Crippen LogP contribution in [0.3, 0.4) is 0 Å². The van der Waals surface area contributed by atoms with E-state index in [4.69, 9.17) is 23.7 Å². The van der Waals surface area contributed by atoms with E-state index in [0.29, 0.717) is 5.75 Å². The van der Waals surface area contributed by atoms with Crippen LogP contribution >= 0.6 is 23.5 Å². The predicted octanol–water partition coefficient (Wildman–Crippen LogP) is 6.59. The summed E-state index contributed by atoms with van der Waals surface area (Å²) in [7, 11) is 10.7. The quantitative estimate of drug-likeness (QED) is 0.272. The molecule has 1 saturated carbocycles. The summed E-state index contributed by atoms with van der Waals surface area (Å²) < 4.78 is 28.1. The summed E-state index contributed by atoms with van der Waals surface area (Å²) >= 11 is 4.13. The minimum atomic E-state index is -0.0105. The van der Waals surface area contributed by atoms with Crippen LogP contribution in [-0.2, 0) is 9.49 Å². The smallest absolute Gasteiger partial charge is 0.203 e. The molecular formula is C30H43NO5S2. The van der Waals surface area contributed by atoms with Gasteiger partial charge in [-0.2, -0.15) is 0 Å². The second-order valence-electron chi connectivity index (χ2n) is 10.3. The van der Waals surface area contributed by atoms with E-state index in [0.717, 1.165) is 48.9 Å². The number of likely N-dealkylation sites (N-methyl/N-ethyl adjacent to an activating group) is 1. The molecule has 2 aromatic carbocycles. The van der Waals surface area contributed by atoms with Gasteiger partial charge in [-0.3, -0.25) is 0 Å². The maximum absolute atomic E-state index is 5.70. The molecule has 0 aromatic heterocycles. The van der Waals surface area contributed by atoms with Gasteiger partial charge in [-0.25, -0.2) is 0 Å². The van der Waals surface area contributed by atoms with Crippen molar-refractivity contribution in [2.75, 3.05) is 67.2 Å². The SMILES string of the molecule is COc1ccc(C2(CN(C)CCCC3(c4cc(OC)c(OC)c(OC)c4)SCCCS3)CCC2)cc1OC. The fourth-order valence-corrected chi connectivity index (χ4v) is 9.22. The van der Waals surface area contributed by atoms with E-state index in [2.05, 4.69) is 59.7 Å². The number of methoxy groups -OCH3 is 5. The summed E-state index contributed by atoms with van der Waals surface area (Å²) in [6.07, 6.45) is 7.17. The Morgan fingerprint density at radius 3 is 1.87 bits per heavy atom. The van der Waals surface area contributed by atoms with Gasteiger partial charge in [0.05, 0.1) is 39.6 Å². The molecule has 4 rings (SSSR count). The summed E-state index contributed by atoms with van der Waals surface area (Å²) in [4.78, 5) is 2.52. The average Bonchev–Trinajstić information content (AvgIpc) is 2.94. The maximum Gasteiger partial charge on any atom is 0.203 e. The van der Waals surface area contributed by atoms with Gasteiger partial charge in [0.2, 0.25) is 5.75 Å². The van der Waals surface area contributed by atoms with Crippen molar-refractivity contribution in [2.24, 2.45) is 0 Å². The molecule has 8 heteroatoms. The normalized spacial score (nSPS) is 18.0. The van der Waals surface area contributed by atoms with E-state index in [1.165, 1.54) is 48.3 Å². The van der Waals surface area contributed by atoms with Gasteiger partial charge >= 0.3 is 0 Å². The first-order chi connectivity index (χ1) is 18.4. The highest BCUT2D eigenvalue weighted by Gasteiger charge is 2.41. The highest BCUT2D eigenvalue weighted by molar-refractivity contribution is 8.18. The second-order valence-corrected chi connectivity index (χ2v) is 13.3. The Bertz CT molecular complexity index is 1040. The lowest BCUT2D eigenvalue weighted by Crippen LogP contribution is -2.44. The van der Waals surface area contributed by atoms with Crippen LogP contribution in [0.4, 0.5) is 0 Å². The van der Waals surface area contributed by atoms with Gasteiger partial charge < -0.3 is 28.6 Å². The molecule has 0 spiro atoms. The molecule has 0 unspecified atom stereocenters. The van der Waals surface area contributed by atoms with Crippen molar-refractivity contribution in [2.45, 2.75) is 48.0 Å². The van der Waals surface area contributed by atoms with E-state index in [9.17, 15) is 0 Å². The Morgan fingerprint density at radius 1 is 0.737 bits per heavy atom. The van der Waals surface area contributed by atoms with Crippen LogP contribution in [0, 0.1) is 0 Å². The Labute approximate surface area is 237 Å². The van der Waals surface area contributed by atoms with Crippen molar-refractivity contribution in [3.8, 4) is 28.7 Å².